The van der Waals surface area contributed by atoms with E-state index in [0.717, 1.165) is 34.6 Å². The number of nitrogens with zero attached hydrogens (tertiary/aromatic N) is 3. The number of carbonyl (C=O) groups is 1. The standard InChI is InChI=1S/C20H27N3OS/c1-13(2)19-21-17-11-6-5-10-16(17)20(22-19)25-12-18(24)23-14(3)8-7-9-15(23)4/h5-6,10-11,13-15H,7-9,12H2,1-4H3. The normalized spacial score (nSPS) is 21.1. The van der Waals surface area contributed by atoms with Crippen LogP contribution >= 0.6 is 11.8 Å². The van der Waals surface area contributed by atoms with Crippen molar-refractivity contribution in [1.82, 2.24) is 14.9 Å². The maximum atomic E-state index is 12.8. The van der Waals surface area contributed by atoms with Crippen LogP contribution < -0.4 is 0 Å². The van der Waals surface area contributed by atoms with Crippen LogP contribution in [0.3, 0.4) is 0 Å². The van der Waals surface area contributed by atoms with Crippen LogP contribution in [0.1, 0.15) is 58.7 Å². The van der Waals surface area contributed by atoms with Crippen molar-refractivity contribution in [2.75, 3.05) is 5.75 Å². The van der Waals surface area contributed by atoms with Gasteiger partial charge in [0, 0.05) is 23.4 Å². The molecule has 1 amide bonds. The quantitative estimate of drug-likeness (QED) is 0.591. The fourth-order valence-corrected chi connectivity index (χ4v) is 4.45. The van der Waals surface area contributed by atoms with Crippen LogP contribution in [0.15, 0.2) is 29.3 Å². The number of aromatic nitrogens is 2. The average molecular weight is 358 g/mol. The van der Waals surface area contributed by atoms with Gasteiger partial charge < -0.3 is 4.90 Å². The van der Waals surface area contributed by atoms with Gasteiger partial charge in [-0.25, -0.2) is 9.97 Å². The lowest BCUT2D eigenvalue weighted by Gasteiger charge is -2.39. The Morgan fingerprint density at radius 3 is 2.56 bits per heavy atom. The van der Waals surface area contributed by atoms with Gasteiger partial charge in [-0.3, -0.25) is 4.79 Å². The van der Waals surface area contributed by atoms with Crippen LogP contribution in [0.25, 0.3) is 10.9 Å². The van der Waals surface area contributed by atoms with Crippen molar-refractivity contribution in [2.24, 2.45) is 0 Å². The molecule has 0 bridgehead atoms. The van der Waals surface area contributed by atoms with Gasteiger partial charge in [0.1, 0.15) is 10.9 Å². The van der Waals surface area contributed by atoms with Crippen molar-refractivity contribution in [3.63, 3.8) is 0 Å². The second kappa shape index (κ2) is 7.73. The van der Waals surface area contributed by atoms with Crippen LogP contribution in [0.4, 0.5) is 0 Å². The molecule has 2 heterocycles. The summed E-state index contributed by atoms with van der Waals surface area (Å²) in [7, 11) is 0. The second-order valence-electron chi connectivity index (χ2n) is 7.28. The fourth-order valence-electron chi connectivity index (χ4n) is 3.55. The molecular weight excluding hydrogens is 330 g/mol. The fraction of sp³-hybridized carbons (Fsp3) is 0.550. The summed E-state index contributed by atoms with van der Waals surface area (Å²) in [6.07, 6.45) is 3.43. The molecule has 0 radical (unpaired) electrons. The van der Waals surface area contributed by atoms with Crippen molar-refractivity contribution < 1.29 is 4.79 Å². The molecular formula is C20H27N3OS. The van der Waals surface area contributed by atoms with E-state index in [1.54, 1.807) is 11.8 Å². The van der Waals surface area contributed by atoms with Crippen molar-refractivity contribution >= 4 is 28.6 Å². The molecule has 0 N–H and O–H groups in total. The zero-order valence-corrected chi connectivity index (χ0v) is 16.3. The Morgan fingerprint density at radius 1 is 1.20 bits per heavy atom. The Kier molecular flexibility index (Phi) is 5.62. The number of para-hydroxylation sites is 1. The van der Waals surface area contributed by atoms with E-state index in [1.165, 1.54) is 6.42 Å². The summed E-state index contributed by atoms with van der Waals surface area (Å²) >= 11 is 1.54. The minimum atomic E-state index is 0.221. The van der Waals surface area contributed by atoms with Crippen molar-refractivity contribution in [3.8, 4) is 0 Å². The Bertz CT molecular complexity index is 752. The summed E-state index contributed by atoms with van der Waals surface area (Å²) in [5.41, 5.74) is 0.954. The first-order chi connectivity index (χ1) is 12.0. The number of amides is 1. The van der Waals surface area contributed by atoms with Crippen LogP contribution in [0.2, 0.25) is 0 Å². The summed E-state index contributed by atoms with van der Waals surface area (Å²) in [4.78, 5) is 24.3. The molecule has 1 saturated heterocycles. The summed E-state index contributed by atoms with van der Waals surface area (Å²) in [6, 6.07) is 8.73. The van der Waals surface area contributed by atoms with Gasteiger partial charge in [0.05, 0.1) is 11.3 Å². The lowest BCUT2D eigenvalue weighted by atomic mass is 9.98. The lowest BCUT2D eigenvalue weighted by Crippen LogP contribution is -2.48. The maximum Gasteiger partial charge on any atom is 0.233 e. The highest BCUT2D eigenvalue weighted by molar-refractivity contribution is 8.00. The van der Waals surface area contributed by atoms with Gasteiger partial charge in [0.25, 0.3) is 0 Å². The van der Waals surface area contributed by atoms with Crippen molar-refractivity contribution in [1.29, 1.82) is 0 Å². The molecule has 2 atom stereocenters. The van der Waals surface area contributed by atoms with Gasteiger partial charge in [-0.05, 0) is 39.2 Å². The number of likely N-dealkylation sites (tertiary alicyclic amines) is 1. The summed E-state index contributed by atoms with van der Waals surface area (Å²) in [5.74, 6) is 1.77. The zero-order chi connectivity index (χ0) is 18.0. The van der Waals surface area contributed by atoms with E-state index in [0.29, 0.717) is 17.8 Å². The van der Waals surface area contributed by atoms with Crippen LogP contribution in [-0.2, 0) is 4.79 Å². The topological polar surface area (TPSA) is 46.1 Å². The third kappa shape index (κ3) is 3.97. The van der Waals surface area contributed by atoms with Gasteiger partial charge in [-0.15, -0.1) is 0 Å². The van der Waals surface area contributed by atoms with Gasteiger partial charge in [0.15, 0.2) is 0 Å². The second-order valence-corrected chi connectivity index (χ2v) is 8.24. The number of fused-ring (bicyclic) bond motifs is 1. The van der Waals surface area contributed by atoms with E-state index in [2.05, 4.69) is 37.6 Å². The highest BCUT2D eigenvalue weighted by Crippen LogP contribution is 2.29. The van der Waals surface area contributed by atoms with E-state index < -0.39 is 0 Å². The van der Waals surface area contributed by atoms with E-state index in [-0.39, 0.29) is 11.8 Å². The Labute approximate surface area is 154 Å². The first kappa shape index (κ1) is 18.2. The first-order valence-electron chi connectivity index (χ1n) is 9.18. The molecule has 2 aromatic rings. The molecule has 3 rings (SSSR count). The predicted octanol–water partition coefficient (Wildman–Crippen LogP) is 4.63. The summed E-state index contributed by atoms with van der Waals surface area (Å²) in [5, 5.41) is 1.95. The Morgan fingerprint density at radius 2 is 1.88 bits per heavy atom. The molecule has 1 aromatic heterocycles. The van der Waals surface area contributed by atoms with E-state index >= 15 is 0 Å². The number of thioether (sulfide) groups is 1. The van der Waals surface area contributed by atoms with Gasteiger partial charge in [-0.2, -0.15) is 0 Å². The highest BCUT2D eigenvalue weighted by atomic mass is 32.2. The number of hydrogen-bond acceptors (Lipinski definition) is 4. The number of carbonyl (C=O) groups excluding carboxylic acids is 1. The number of benzene rings is 1. The molecule has 2 unspecified atom stereocenters. The lowest BCUT2D eigenvalue weighted by molar-refractivity contribution is -0.134. The molecule has 5 heteroatoms. The smallest absolute Gasteiger partial charge is 0.233 e. The van der Waals surface area contributed by atoms with Crippen LogP contribution in [0.5, 0.6) is 0 Å². The molecule has 4 nitrogen and oxygen atoms in total. The minimum absolute atomic E-state index is 0.221. The largest absolute Gasteiger partial charge is 0.337 e. The minimum Gasteiger partial charge on any atom is -0.337 e. The number of piperidine rings is 1. The number of rotatable bonds is 4. The monoisotopic (exact) mass is 357 g/mol. The predicted molar refractivity (Wildman–Crippen MR) is 104 cm³/mol. The van der Waals surface area contributed by atoms with Crippen molar-refractivity contribution in [2.45, 2.75) is 70.0 Å². The molecule has 0 saturated carbocycles. The summed E-state index contributed by atoms with van der Waals surface area (Å²) in [6.45, 7) is 8.52. The zero-order valence-electron chi connectivity index (χ0n) is 15.5. The third-order valence-electron chi connectivity index (χ3n) is 4.92. The Hall–Kier alpha value is -1.62. The SMILES string of the molecule is CC(C)c1nc(SCC(=O)N2C(C)CCCC2C)c2ccccc2n1. The van der Waals surface area contributed by atoms with Gasteiger partial charge >= 0.3 is 0 Å². The average Bonchev–Trinajstić information content (AvgIpc) is 2.59. The molecule has 0 spiro atoms. The molecule has 25 heavy (non-hydrogen) atoms. The van der Waals surface area contributed by atoms with E-state index in [4.69, 9.17) is 4.98 Å². The molecule has 1 aliphatic rings. The summed E-state index contributed by atoms with van der Waals surface area (Å²) < 4.78 is 0. The molecule has 0 aliphatic carbocycles. The molecule has 1 aromatic carbocycles. The van der Waals surface area contributed by atoms with Gasteiger partial charge in [0.2, 0.25) is 5.91 Å². The first-order valence-corrected chi connectivity index (χ1v) is 10.2. The molecule has 1 fully saturated rings. The highest BCUT2D eigenvalue weighted by Gasteiger charge is 2.28. The molecule has 134 valence electrons. The van der Waals surface area contributed by atoms with Crippen LogP contribution in [-0.4, -0.2) is 38.6 Å². The van der Waals surface area contributed by atoms with Gasteiger partial charge in [-0.1, -0.05) is 43.8 Å². The van der Waals surface area contributed by atoms with E-state index in [9.17, 15) is 4.79 Å². The third-order valence-corrected chi connectivity index (χ3v) is 5.89. The van der Waals surface area contributed by atoms with Crippen LogP contribution in [0, 0.1) is 0 Å². The van der Waals surface area contributed by atoms with Crippen molar-refractivity contribution in [3.05, 3.63) is 30.1 Å². The number of hydrogen-bond donors (Lipinski definition) is 0. The molecule has 1 aliphatic heterocycles. The Balaban J connectivity index is 1.81. The maximum absolute atomic E-state index is 12.8. The van der Waals surface area contributed by atoms with E-state index in [1.807, 2.05) is 24.3 Å².